The van der Waals surface area contributed by atoms with Gasteiger partial charge in [0.15, 0.2) is 5.16 Å². The summed E-state index contributed by atoms with van der Waals surface area (Å²) in [6.07, 6.45) is 0. The number of aromatic amines is 1. The van der Waals surface area contributed by atoms with Crippen LogP contribution in [0.4, 0.5) is 4.79 Å². The minimum absolute atomic E-state index is 0.465. The normalized spacial score (nSPS) is 12.6. The van der Waals surface area contributed by atoms with Gasteiger partial charge in [-0.05, 0) is 19.1 Å². The maximum Gasteiger partial charge on any atom is 0.318 e. The zero-order chi connectivity index (χ0) is 15.0. The Hall–Kier alpha value is -2.55. The molecule has 0 fully saturated rings. The highest BCUT2D eigenvalue weighted by atomic mass is 32.2. The maximum absolute atomic E-state index is 11.7. The average Bonchev–Trinajstić information content (AvgIpc) is 2.97. The van der Waals surface area contributed by atoms with Gasteiger partial charge in [-0.2, -0.15) is 0 Å². The van der Waals surface area contributed by atoms with E-state index in [-0.39, 0.29) is 0 Å². The number of primary amides is 1. The number of rotatable bonds is 3. The second-order valence-electron chi connectivity index (χ2n) is 4.38. The number of imide groups is 1. The Morgan fingerprint density at radius 1 is 1.43 bits per heavy atom. The van der Waals surface area contributed by atoms with E-state index in [1.807, 2.05) is 28.7 Å². The van der Waals surface area contributed by atoms with Crippen LogP contribution in [0.1, 0.15) is 6.92 Å². The van der Waals surface area contributed by atoms with Gasteiger partial charge in [-0.25, -0.2) is 14.9 Å². The second kappa shape index (κ2) is 5.09. The third kappa shape index (κ3) is 2.42. The number of H-pyrrole nitrogens is 1. The van der Waals surface area contributed by atoms with Gasteiger partial charge in [-0.15, -0.1) is 5.10 Å². The van der Waals surface area contributed by atoms with Crippen molar-refractivity contribution in [1.82, 2.24) is 24.9 Å². The predicted molar refractivity (Wildman–Crippen MR) is 77.9 cm³/mol. The zero-order valence-corrected chi connectivity index (χ0v) is 11.8. The molecule has 3 amide bonds. The zero-order valence-electron chi connectivity index (χ0n) is 11.0. The lowest BCUT2D eigenvalue weighted by Crippen LogP contribution is -2.39. The van der Waals surface area contributed by atoms with Gasteiger partial charge in [0.2, 0.25) is 11.7 Å². The average molecular weight is 304 g/mol. The van der Waals surface area contributed by atoms with E-state index in [2.05, 4.69) is 20.5 Å². The predicted octanol–water partition coefficient (Wildman–Crippen LogP) is 0.886. The van der Waals surface area contributed by atoms with Crippen molar-refractivity contribution in [2.45, 2.75) is 17.3 Å². The molecule has 108 valence electrons. The van der Waals surface area contributed by atoms with Crippen molar-refractivity contribution in [2.75, 3.05) is 0 Å². The van der Waals surface area contributed by atoms with Crippen LogP contribution in [0.3, 0.4) is 0 Å². The van der Waals surface area contributed by atoms with Gasteiger partial charge < -0.3 is 5.73 Å². The standard InChI is InChI=1S/C12H12N6O2S/c1-6(9(19)15-10(13)20)21-12-17-16-11-14-7-4-2-3-5-8(7)18(11)12/h2-6H,1H3,(H,14,16)(H3,13,15,19,20). The molecule has 0 bridgehead atoms. The highest BCUT2D eigenvalue weighted by Crippen LogP contribution is 2.25. The van der Waals surface area contributed by atoms with E-state index in [1.54, 1.807) is 6.92 Å². The molecule has 0 radical (unpaired) electrons. The fourth-order valence-corrected chi connectivity index (χ4v) is 2.83. The molecule has 3 rings (SSSR count). The van der Waals surface area contributed by atoms with E-state index in [0.29, 0.717) is 10.9 Å². The van der Waals surface area contributed by atoms with Crippen molar-refractivity contribution in [3.05, 3.63) is 24.3 Å². The Bertz CT molecular complexity index is 839. The number of nitrogens with zero attached hydrogens (tertiary/aromatic N) is 3. The van der Waals surface area contributed by atoms with Crippen LogP contribution in [0.5, 0.6) is 0 Å². The van der Waals surface area contributed by atoms with E-state index in [0.717, 1.165) is 11.0 Å². The van der Waals surface area contributed by atoms with E-state index < -0.39 is 17.2 Å². The number of thioether (sulfide) groups is 1. The lowest BCUT2D eigenvalue weighted by Gasteiger charge is -2.08. The molecule has 2 aromatic heterocycles. The van der Waals surface area contributed by atoms with E-state index in [4.69, 9.17) is 5.73 Å². The lowest BCUT2D eigenvalue weighted by molar-refractivity contribution is -0.119. The van der Waals surface area contributed by atoms with Crippen LogP contribution >= 0.6 is 11.8 Å². The molecular weight excluding hydrogens is 292 g/mol. The Balaban J connectivity index is 1.94. The topological polar surface area (TPSA) is 118 Å². The number of nitrogens with one attached hydrogen (secondary N) is 2. The molecule has 8 nitrogen and oxygen atoms in total. The molecule has 0 saturated heterocycles. The summed E-state index contributed by atoms with van der Waals surface area (Å²) in [5, 5.41) is 9.09. The molecular formula is C12H12N6O2S. The number of hydrogen-bond acceptors (Lipinski definition) is 5. The highest BCUT2D eigenvalue weighted by Gasteiger charge is 2.20. The fraction of sp³-hybridized carbons (Fsp3) is 0.167. The van der Waals surface area contributed by atoms with E-state index in [1.165, 1.54) is 11.8 Å². The van der Waals surface area contributed by atoms with E-state index in [9.17, 15) is 9.59 Å². The van der Waals surface area contributed by atoms with Gasteiger partial charge in [-0.3, -0.25) is 14.5 Å². The number of carbonyl (C=O) groups excluding carboxylic acids is 2. The molecule has 1 unspecified atom stereocenters. The number of carbonyl (C=O) groups is 2. The summed E-state index contributed by atoms with van der Waals surface area (Å²) in [5.74, 6) is 0.134. The lowest BCUT2D eigenvalue weighted by atomic mass is 10.3. The summed E-state index contributed by atoms with van der Waals surface area (Å²) in [6, 6.07) is 6.75. The Morgan fingerprint density at radius 2 is 2.19 bits per heavy atom. The molecule has 0 spiro atoms. The fourth-order valence-electron chi connectivity index (χ4n) is 1.96. The Kier molecular flexibility index (Phi) is 3.26. The molecule has 0 aliphatic carbocycles. The van der Waals surface area contributed by atoms with Crippen LogP contribution in [0.2, 0.25) is 0 Å². The van der Waals surface area contributed by atoms with Crippen molar-refractivity contribution in [3.8, 4) is 0 Å². The van der Waals surface area contributed by atoms with Gasteiger partial charge >= 0.3 is 6.03 Å². The van der Waals surface area contributed by atoms with E-state index >= 15 is 0 Å². The first-order chi connectivity index (χ1) is 10.1. The first-order valence-electron chi connectivity index (χ1n) is 6.15. The molecule has 0 aliphatic heterocycles. The molecule has 0 saturated carbocycles. The quantitative estimate of drug-likeness (QED) is 0.621. The number of benzene rings is 1. The van der Waals surface area contributed by atoms with Crippen LogP contribution in [-0.4, -0.2) is 36.8 Å². The van der Waals surface area contributed by atoms with Gasteiger partial charge in [0.05, 0.1) is 16.3 Å². The second-order valence-corrected chi connectivity index (χ2v) is 5.69. The van der Waals surface area contributed by atoms with Gasteiger partial charge in [0.1, 0.15) is 0 Å². The summed E-state index contributed by atoms with van der Waals surface area (Å²) in [7, 11) is 0. The van der Waals surface area contributed by atoms with Crippen molar-refractivity contribution >= 4 is 40.5 Å². The van der Waals surface area contributed by atoms with Crippen LogP contribution in [-0.2, 0) is 4.79 Å². The minimum atomic E-state index is -0.868. The smallest absolute Gasteiger partial charge is 0.318 e. The van der Waals surface area contributed by atoms with Gasteiger partial charge in [-0.1, -0.05) is 23.9 Å². The van der Waals surface area contributed by atoms with Crippen LogP contribution < -0.4 is 11.1 Å². The first-order valence-corrected chi connectivity index (χ1v) is 7.03. The minimum Gasteiger partial charge on any atom is -0.351 e. The molecule has 1 aromatic carbocycles. The number of urea groups is 1. The van der Waals surface area contributed by atoms with Crippen LogP contribution in [0.15, 0.2) is 29.4 Å². The molecule has 0 aliphatic rings. The number of fused-ring (bicyclic) bond motifs is 3. The summed E-state index contributed by atoms with van der Waals surface area (Å²) < 4.78 is 1.83. The van der Waals surface area contributed by atoms with Crippen molar-refractivity contribution < 1.29 is 9.59 Å². The highest BCUT2D eigenvalue weighted by molar-refractivity contribution is 8.00. The number of imidazole rings is 1. The summed E-state index contributed by atoms with van der Waals surface area (Å²) in [4.78, 5) is 26.8. The third-order valence-corrected chi connectivity index (χ3v) is 3.95. The van der Waals surface area contributed by atoms with Gasteiger partial charge in [0.25, 0.3) is 0 Å². The number of para-hydroxylation sites is 2. The monoisotopic (exact) mass is 304 g/mol. The van der Waals surface area contributed by atoms with Crippen molar-refractivity contribution in [1.29, 1.82) is 0 Å². The number of nitrogens with two attached hydrogens (primary N) is 1. The Labute approximate surface area is 123 Å². The molecule has 3 aromatic rings. The van der Waals surface area contributed by atoms with Crippen molar-refractivity contribution in [3.63, 3.8) is 0 Å². The molecule has 9 heteroatoms. The summed E-state index contributed by atoms with van der Waals surface area (Å²) in [5.41, 5.74) is 6.67. The molecule has 2 heterocycles. The summed E-state index contributed by atoms with van der Waals surface area (Å²) >= 11 is 1.21. The number of hydrogen-bond donors (Lipinski definition) is 3. The molecule has 4 N–H and O–H groups in total. The SMILES string of the molecule is CC(Sc1n[nH]c2nc3ccccc3n12)C(=O)NC(N)=O. The van der Waals surface area contributed by atoms with Crippen LogP contribution in [0.25, 0.3) is 16.8 Å². The van der Waals surface area contributed by atoms with Crippen molar-refractivity contribution in [2.24, 2.45) is 5.73 Å². The third-order valence-electron chi connectivity index (χ3n) is 2.90. The maximum atomic E-state index is 11.7. The molecule has 1 atom stereocenters. The molecule has 21 heavy (non-hydrogen) atoms. The first kappa shape index (κ1) is 13.4. The van der Waals surface area contributed by atoms with Crippen LogP contribution in [0, 0.1) is 0 Å². The van der Waals surface area contributed by atoms with Gasteiger partial charge in [0, 0.05) is 0 Å². The number of aromatic nitrogens is 4. The number of amides is 3. The summed E-state index contributed by atoms with van der Waals surface area (Å²) in [6.45, 7) is 1.67. The Morgan fingerprint density at radius 3 is 2.95 bits per heavy atom. The largest absolute Gasteiger partial charge is 0.351 e.